The first-order chi connectivity index (χ1) is 9.28. The molecule has 0 bridgehead atoms. The Morgan fingerprint density at radius 3 is 2.89 bits per heavy atom. The molecule has 0 aromatic heterocycles. The predicted molar refractivity (Wildman–Crippen MR) is 85.9 cm³/mol. The molecule has 1 aromatic rings. The molecule has 1 heterocycles. The van der Waals surface area contributed by atoms with E-state index in [1.165, 1.54) is 31.0 Å². The largest absolute Gasteiger partial charge is 0.311 e. The predicted octanol–water partition coefficient (Wildman–Crippen LogP) is 2.50. The van der Waals surface area contributed by atoms with Gasteiger partial charge in [0.2, 0.25) is 0 Å². The van der Waals surface area contributed by atoms with E-state index in [-0.39, 0.29) is 0 Å². The highest BCUT2D eigenvalue weighted by Gasteiger charge is 2.20. The minimum Gasteiger partial charge on any atom is -0.311 e. The van der Waals surface area contributed by atoms with Crippen LogP contribution in [0.25, 0.3) is 0 Å². The molecule has 2 rings (SSSR count). The number of thioether (sulfide) groups is 1. The standard InChI is InChI=1S/C16H26N2S/c1-14(13-19-2)11-18-9-8-17-16(12-18)10-15-6-4-3-5-7-15/h3-7,14,16-17H,8-13H2,1-2H3. The molecule has 106 valence electrons. The summed E-state index contributed by atoms with van der Waals surface area (Å²) >= 11 is 1.96. The summed E-state index contributed by atoms with van der Waals surface area (Å²) in [5.41, 5.74) is 1.44. The lowest BCUT2D eigenvalue weighted by atomic mass is 10.0. The average molecular weight is 278 g/mol. The number of rotatable bonds is 6. The highest BCUT2D eigenvalue weighted by molar-refractivity contribution is 7.98. The van der Waals surface area contributed by atoms with Crippen molar-refractivity contribution in [2.45, 2.75) is 19.4 Å². The highest BCUT2D eigenvalue weighted by atomic mass is 32.2. The smallest absolute Gasteiger partial charge is 0.0235 e. The molecule has 19 heavy (non-hydrogen) atoms. The number of nitrogens with zero attached hydrogens (tertiary/aromatic N) is 1. The summed E-state index contributed by atoms with van der Waals surface area (Å²) in [6.45, 7) is 7.12. The molecule has 1 saturated heterocycles. The molecule has 2 unspecified atom stereocenters. The van der Waals surface area contributed by atoms with E-state index in [1.54, 1.807) is 0 Å². The van der Waals surface area contributed by atoms with Gasteiger partial charge in [-0.15, -0.1) is 0 Å². The first kappa shape index (κ1) is 14.9. The normalized spacial score (nSPS) is 22.3. The maximum absolute atomic E-state index is 3.66. The first-order valence-corrected chi connectivity index (χ1v) is 8.66. The molecule has 1 aliphatic heterocycles. The molecule has 1 N–H and O–H groups in total. The maximum atomic E-state index is 3.66. The Morgan fingerprint density at radius 2 is 2.16 bits per heavy atom. The van der Waals surface area contributed by atoms with Gasteiger partial charge in [-0.3, -0.25) is 0 Å². The van der Waals surface area contributed by atoms with Crippen molar-refractivity contribution in [2.24, 2.45) is 5.92 Å². The summed E-state index contributed by atoms with van der Waals surface area (Å²) in [6, 6.07) is 11.4. The molecule has 0 aliphatic carbocycles. The molecular weight excluding hydrogens is 252 g/mol. The third-order valence-electron chi connectivity index (χ3n) is 3.69. The summed E-state index contributed by atoms with van der Waals surface area (Å²) in [6.07, 6.45) is 3.35. The van der Waals surface area contributed by atoms with Crippen LogP contribution >= 0.6 is 11.8 Å². The number of hydrogen-bond donors (Lipinski definition) is 1. The van der Waals surface area contributed by atoms with Crippen molar-refractivity contribution in [3.8, 4) is 0 Å². The quantitative estimate of drug-likeness (QED) is 0.861. The van der Waals surface area contributed by atoms with Gasteiger partial charge in [0.15, 0.2) is 0 Å². The summed E-state index contributed by atoms with van der Waals surface area (Å²) < 4.78 is 0. The Balaban J connectivity index is 1.80. The van der Waals surface area contributed by atoms with Crippen LogP contribution < -0.4 is 5.32 Å². The summed E-state index contributed by atoms with van der Waals surface area (Å²) in [7, 11) is 0. The van der Waals surface area contributed by atoms with Crippen LogP contribution in [0.4, 0.5) is 0 Å². The third-order valence-corrected chi connectivity index (χ3v) is 4.59. The molecule has 0 radical (unpaired) electrons. The van der Waals surface area contributed by atoms with Crippen molar-refractivity contribution in [1.29, 1.82) is 0 Å². The Bertz CT molecular complexity index is 355. The second-order valence-corrected chi connectivity index (χ2v) is 6.57. The van der Waals surface area contributed by atoms with E-state index in [9.17, 15) is 0 Å². The van der Waals surface area contributed by atoms with Crippen molar-refractivity contribution in [1.82, 2.24) is 10.2 Å². The fourth-order valence-corrected chi connectivity index (χ4v) is 3.55. The zero-order valence-corrected chi connectivity index (χ0v) is 13.0. The molecular formula is C16H26N2S. The van der Waals surface area contributed by atoms with E-state index in [2.05, 4.69) is 53.7 Å². The molecule has 0 saturated carbocycles. The first-order valence-electron chi connectivity index (χ1n) is 7.26. The third kappa shape index (κ3) is 5.17. The molecule has 1 fully saturated rings. The maximum Gasteiger partial charge on any atom is 0.0235 e. The van der Waals surface area contributed by atoms with E-state index in [1.807, 2.05) is 11.8 Å². The monoisotopic (exact) mass is 278 g/mol. The van der Waals surface area contributed by atoms with Gasteiger partial charge in [0.1, 0.15) is 0 Å². The van der Waals surface area contributed by atoms with Crippen molar-refractivity contribution >= 4 is 11.8 Å². The fourth-order valence-electron chi connectivity index (χ4n) is 2.87. The van der Waals surface area contributed by atoms with E-state index >= 15 is 0 Å². The Labute approximate surface area is 122 Å². The molecule has 0 amide bonds. The molecule has 1 aliphatic rings. The fraction of sp³-hybridized carbons (Fsp3) is 0.625. The van der Waals surface area contributed by atoms with Crippen LogP contribution in [0.2, 0.25) is 0 Å². The van der Waals surface area contributed by atoms with Crippen LogP contribution in [0.15, 0.2) is 30.3 Å². The Hall–Kier alpha value is -0.510. The van der Waals surface area contributed by atoms with Crippen LogP contribution in [-0.2, 0) is 6.42 Å². The van der Waals surface area contributed by atoms with Gasteiger partial charge in [-0.2, -0.15) is 11.8 Å². The number of benzene rings is 1. The van der Waals surface area contributed by atoms with Crippen LogP contribution in [0, 0.1) is 5.92 Å². The van der Waals surface area contributed by atoms with Crippen molar-refractivity contribution < 1.29 is 0 Å². The van der Waals surface area contributed by atoms with E-state index < -0.39 is 0 Å². The van der Waals surface area contributed by atoms with Crippen LogP contribution in [-0.4, -0.2) is 49.1 Å². The summed E-state index contributed by atoms with van der Waals surface area (Å²) in [5.74, 6) is 2.07. The zero-order valence-electron chi connectivity index (χ0n) is 12.1. The SMILES string of the molecule is CSCC(C)CN1CCNC(Cc2ccccc2)C1. The molecule has 2 atom stereocenters. The van der Waals surface area contributed by atoms with Gasteiger partial charge in [-0.05, 0) is 29.9 Å². The number of piperazine rings is 1. The van der Waals surface area contributed by atoms with Crippen LogP contribution in [0.1, 0.15) is 12.5 Å². The van der Waals surface area contributed by atoms with Crippen molar-refractivity contribution in [2.75, 3.05) is 38.2 Å². The summed E-state index contributed by atoms with van der Waals surface area (Å²) in [5, 5.41) is 3.66. The second-order valence-electron chi connectivity index (χ2n) is 5.66. The molecule has 3 heteroatoms. The van der Waals surface area contributed by atoms with E-state index in [0.29, 0.717) is 6.04 Å². The minimum absolute atomic E-state index is 0.609. The van der Waals surface area contributed by atoms with E-state index in [0.717, 1.165) is 18.9 Å². The van der Waals surface area contributed by atoms with Gasteiger partial charge in [0.05, 0.1) is 0 Å². The van der Waals surface area contributed by atoms with Crippen LogP contribution in [0.5, 0.6) is 0 Å². The van der Waals surface area contributed by atoms with Crippen molar-refractivity contribution in [3.05, 3.63) is 35.9 Å². The van der Waals surface area contributed by atoms with Gasteiger partial charge >= 0.3 is 0 Å². The molecule has 0 spiro atoms. The van der Waals surface area contributed by atoms with Crippen LogP contribution in [0.3, 0.4) is 0 Å². The highest BCUT2D eigenvalue weighted by Crippen LogP contribution is 2.11. The lowest BCUT2D eigenvalue weighted by molar-refractivity contribution is 0.182. The lowest BCUT2D eigenvalue weighted by Gasteiger charge is -2.35. The lowest BCUT2D eigenvalue weighted by Crippen LogP contribution is -2.52. The van der Waals surface area contributed by atoms with Gasteiger partial charge in [0.25, 0.3) is 0 Å². The molecule has 1 aromatic carbocycles. The summed E-state index contributed by atoms with van der Waals surface area (Å²) in [4.78, 5) is 2.63. The minimum atomic E-state index is 0.609. The zero-order chi connectivity index (χ0) is 13.5. The molecule has 2 nitrogen and oxygen atoms in total. The average Bonchev–Trinajstić information content (AvgIpc) is 2.40. The van der Waals surface area contributed by atoms with Gasteiger partial charge in [-0.25, -0.2) is 0 Å². The number of nitrogens with one attached hydrogen (secondary N) is 1. The van der Waals surface area contributed by atoms with E-state index in [4.69, 9.17) is 0 Å². The van der Waals surface area contributed by atoms with Crippen molar-refractivity contribution in [3.63, 3.8) is 0 Å². The number of hydrogen-bond acceptors (Lipinski definition) is 3. The Kier molecular flexibility index (Phi) is 6.21. The Morgan fingerprint density at radius 1 is 1.37 bits per heavy atom. The topological polar surface area (TPSA) is 15.3 Å². The second kappa shape index (κ2) is 7.93. The van der Waals surface area contributed by atoms with Gasteiger partial charge < -0.3 is 10.2 Å². The van der Waals surface area contributed by atoms with Gasteiger partial charge in [-0.1, -0.05) is 37.3 Å². The van der Waals surface area contributed by atoms with Gasteiger partial charge in [0, 0.05) is 32.2 Å².